The van der Waals surface area contributed by atoms with Crippen molar-refractivity contribution in [2.45, 2.75) is 36.1 Å². The summed E-state index contributed by atoms with van der Waals surface area (Å²) in [4.78, 5) is 15.6. The molecule has 0 spiro atoms. The minimum Gasteiger partial charge on any atom is -0.347 e. The van der Waals surface area contributed by atoms with Gasteiger partial charge in [0.1, 0.15) is 0 Å². The fourth-order valence-electron chi connectivity index (χ4n) is 3.13. The van der Waals surface area contributed by atoms with Crippen LogP contribution in [0.25, 0.3) is 0 Å². The average Bonchev–Trinajstić information content (AvgIpc) is 2.78. The fourth-order valence-corrected chi connectivity index (χ4v) is 6.04. The van der Waals surface area contributed by atoms with E-state index in [0.717, 1.165) is 15.4 Å². The van der Waals surface area contributed by atoms with E-state index >= 15 is 0 Å². The lowest BCUT2D eigenvalue weighted by Gasteiger charge is -2.34. The molecular formula is C26H27Cl2NOS2. The van der Waals surface area contributed by atoms with Gasteiger partial charge < -0.3 is 5.32 Å². The van der Waals surface area contributed by atoms with E-state index in [2.05, 4.69) is 5.32 Å². The van der Waals surface area contributed by atoms with Gasteiger partial charge in [-0.25, -0.2) is 0 Å². The van der Waals surface area contributed by atoms with E-state index in [1.807, 2.05) is 99.6 Å². The zero-order valence-corrected chi connectivity index (χ0v) is 21.5. The zero-order chi connectivity index (χ0) is 23.2. The molecule has 32 heavy (non-hydrogen) atoms. The van der Waals surface area contributed by atoms with Crippen LogP contribution in [0.3, 0.4) is 0 Å². The Morgan fingerprint density at radius 3 is 1.66 bits per heavy atom. The minimum atomic E-state index is -0.653. The standard InChI is InChI=1S/C26H27Cl2NOS2/c1-25(2,19-11-5-4-6-12-19)29-24(30)26(3,17-31-22-15-9-7-13-20(22)27)18-32-23-16-10-8-14-21(23)28/h4-16H,17-18H2,1-3H3,(H,29,30). The number of carbonyl (C=O) groups excluding carboxylic acids is 1. The molecular weight excluding hydrogens is 477 g/mol. The molecule has 0 saturated carbocycles. The van der Waals surface area contributed by atoms with Crippen molar-refractivity contribution in [3.05, 3.63) is 94.5 Å². The molecule has 0 atom stereocenters. The van der Waals surface area contributed by atoms with Crippen molar-refractivity contribution in [1.29, 1.82) is 0 Å². The molecule has 0 bridgehead atoms. The van der Waals surface area contributed by atoms with Crippen LogP contribution in [0.4, 0.5) is 0 Å². The summed E-state index contributed by atoms with van der Waals surface area (Å²) in [5, 5.41) is 4.68. The van der Waals surface area contributed by atoms with E-state index in [1.54, 1.807) is 23.5 Å². The van der Waals surface area contributed by atoms with Crippen molar-refractivity contribution in [2.75, 3.05) is 11.5 Å². The van der Waals surface area contributed by atoms with Crippen LogP contribution in [0.5, 0.6) is 0 Å². The Balaban J connectivity index is 1.82. The molecule has 0 aromatic heterocycles. The third-order valence-corrected chi connectivity index (χ3v) is 9.02. The number of carbonyl (C=O) groups is 1. The Hall–Kier alpha value is -1.59. The number of hydrogen-bond donors (Lipinski definition) is 1. The Morgan fingerprint density at radius 1 is 0.750 bits per heavy atom. The largest absolute Gasteiger partial charge is 0.347 e. The van der Waals surface area contributed by atoms with Crippen molar-refractivity contribution in [3.63, 3.8) is 0 Å². The van der Waals surface area contributed by atoms with Crippen molar-refractivity contribution < 1.29 is 4.79 Å². The fraction of sp³-hybridized carbons (Fsp3) is 0.269. The van der Waals surface area contributed by atoms with E-state index in [-0.39, 0.29) is 5.91 Å². The molecule has 1 N–H and O–H groups in total. The molecule has 3 rings (SSSR count). The SMILES string of the molecule is CC(CSc1ccccc1Cl)(CSc1ccccc1Cl)C(=O)NC(C)(C)c1ccccc1. The average molecular weight is 505 g/mol. The highest BCUT2D eigenvalue weighted by atomic mass is 35.5. The van der Waals surface area contributed by atoms with E-state index in [1.165, 1.54) is 0 Å². The second-order valence-corrected chi connectivity index (χ2v) is 11.3. The number of rotatable bonds is 9. The molecule has 0 fully saturated rings. The summed E-state index contributed by atoms with van der Waals surface area (Å²) in [6.45, 7) is 6.07. The van der Waals surface area contributed by atoms with E-state index < -0.39 is 11.0 Å². The van der Waals surface area contributed by atoms with E-state index in [9.17, 15) is 4.79 Å². The Morgan fingerprint density at radius 2 is 1.19 bits per heavy atom. The summed E-state index contributed by atoms with van der Waals surface area (Å²) in [5.74, 6) is 1.18. The van der Waals surface area contributed by atoms with Crippen LogP contribution >= 0.6 is 46.7 Å². The van der Waals surface area contributed by atoms with Crippen LogP contribution in [0.2, 0.25) is 10.0 Å². The summed E-state index contributed by atoms with van der Waals surface area (Å²) in [6.07, 6.45) is 0. The number of amides is 1. The van der Waals surface area contributed by atoms with Gasteiger partial charge in [0, 0.05) is 21.3 Å². The van der Waals surface area contributed by atoms with Crippen molar-refractivity contribution in [1.82, 2.24) is 5.32 Å². The van der Waals surface area contributed by atoms with Crippen LogP contribution in [0.1, 0.15) is 26.3 Å². The molecule has 2 nitrogen and oxygen atoms in total. The van der Waals surface area contributed by atoms with Crippen molar-refractivity contribution in [3.8, 4) is 0 Å². The topological polar surface area (TPSA) is 29.1 Å². The first kappa shape index (κ1) is 25.0. The lowest BCUT2D eigenvalue weighted by atomic mass is 9.89. The van der Waals surface area contributed by atoms with Gasteiger partial charge in [-0.2, -0.15) is 0 Å². The van der Waals surface area contributed by atoms with Gasteiger partial charge >= 0.3 is 0 Å². The smallest absolute Gasteiger partial charge is 0.228 e. The van der Waals surface area contributed by atoms with Gasteiger partial charge in [-0.3, -0.25) is 4.79 Å². The first-order valence-corrected chi connectivity index (χ1v) is 13.1. The predicted octanol–water partition coefficient (Wildman–Crippen LogP) is 7.94. The van der Waals surface area contributed by atoms with Gasteiger partial charge in [0.15, 0.2) is 0 Å². The third kappa shape index (κ3) is 6.48. The Bertz CT molecular complexity index is 1010. The van der Waals surface area contributed by atoms with Gasteiger partial charge in [0.25, 0.3) is 0 Å². The molecule has 3 aromatic carbocycles. The Kier molecular flexibility index (Phi) is 8.62. The second kappa shape index (κ2) is 11.0. The first-order valence-electron chi connectivity index (χ1n) is 10.3. The molecule has 0 aliphatic heterocycles. The molecule has 168 valence electrons. The number of thioether (sulfide) groups is 2. The van der Waals surface area contributed by atoms with Crippen molar-refractivity contribution in [2.24, 2.45) is 5.41 Å². The highest BCUT2D eigenvalue weighted by Crippen LogP contribution is 2.38. The summed E-state index contributed by atoms with van der Waals surface area (Å²) in [6, 6.07) is 25.5. The van der Waals surface area contributed by atoms with Gasteiger partial charge in [0.05, 0.1) is 21.0 Å². The van der Waals surface area contributed by atoms with E-state index in [0.29, 0.717) is 21.6 Å². The van der Waals surface area contributed by atoms with Gasteiger partial charge in [-0.1, -0.05) is 77.8 Å². The van der Waals surface area contributed by atoms with Crippen LogP contribution in [0, 0.1) is 5.41 Å². The second-order valence-electron chi connectivity index (χ2n) is 8.44. The highest BCUT2D eigenvalue weighted by molar-refractivity contribution is 8.00. The molecule has 1 amide bonds. The quantitative estimate of drug-likeness (QED) is 0.300. The summed E-state index contributed by atoms with van der Waals surface area (Å²) in [7, 11) is 0. The van der Waals surface area contributed by atoms with Gasteiger partial charge in [0.2, 0.25) is 5.91 Å². The summed E-state index contributed by atoms with van der Waals surface area (Å²) < 4.78 is 0. The van der Waals surface area contributed by atoms with Crippen LogP contribution in [-0.4, -0.2) is 17.4 Å². The normalized spacial score (nSPS) is 11.9. The number of nitrogens with one attached hydrogen (secondary N) is 1. The molecule has 0 heterocycles. The molecule has 0 aliphatic rings. The number of hydrogen-bond acceptors (Lipinski definition) is 3. The monoisotopic (exact) mass is 503 g/mol. The van der Waals surface area contributed by atoms with Gasteiger partial charge in [-0.05, 0) is 50.6 Å². The number of halogens is 2. The van der Waals surface area contributed by atoms with Crippen molar-refractivity contribution >= 4 is 52.6 Å². The zero-order valence-electron chi connectivity index (χ0n) is 18.4. The molecule has 6 heteroatoms. The minimum absolute atomic E-state index is 0.00506. The molecule has 0 aliphatic carbocycles. The molecule has 0 radical (unpaired) electrons. The Labute approximate surface area is 209 Å². The maximum atomic E-state index is 13.7. The molecule has 0 saturated heterocycles. The molecule has 0 unspecified atom stereocenters. The molecule has 3 aromatic rings. The summed E-state index contributed by atoms with van der Waals surface area (Å²) >= 11 is 15.9. The van der Waals surface area contributed by atoms with Crippen LogP contribution < -0.4 is 5.32 Å². The van der Waals surface area contributed by atoms with Crippen LogP contribution in [0.15, 0.2) is 88.7 Å². The maximum absolute atomic E-state index is 13.7. The third-order valence-electron chi connectivity index (χ3n) is 5.24. The highest BCUT2D eigenvalue weighted by Gasteiger charge is 2.37. The van der Waals surface area contributed by atoms with Gasteiger partial charge in [-0.15, -0.1) is 23.5 Å². The lowest BCUT2D eigenvalue weighted by molar-refractivity contribution is -0.129. The van der Waals surface area contributed by atoms with Crippen LogP contribution in [-0.2, 0) is 10.3 Å². The summed E-state index contributed by atoms with van der Waals surface area (Å²) in [5.41, 5.74) is -0.0862. The predicted molar refractivity (Wildman–Crippen MR) is 140 cm³/mol. The first-order chi connectivity index (χ1) is 15.2. The lowest BCUT2D eigenvalue weighted by Crippen LogP contribution is -2.50. The maximum Gasteiger partial charge on any atom is 0.228 e. The van der Waals surface area contributed by atoms with E-state index in [4.69, 9.17) is 23.2 Å². The number of benzene rings is 3.